The van der Waals surface area contributed by atoms with Gasteiger partial charge in [-0.2, -0.15) is 0 Å². The molecule has 1 saturated carbocycles. The third-order valence-corrected chi connectivity index (χ3v) is 11.0. The van der Waals surface area contributed by atoms with Crippen LogP contribution in [0.25, 0.3) is 0 Å². The van der Waals surface area contributed by atoms with Crippen LogP contribution in [0.2, 0.25) is 6.04 Å². The molecule has 2 saturated heterocycles. The van der Waals surface area contributed by atoms with Crippen molar-refractivity contribution in [3.05, 3.63) is 0 Å². The van der Waals surface area contributed by atoms with E-state index in [-0.39, 0.29) is 5.22 Å². The second-order valence-electron chi connectivity index (χ2n) is 7.29. The third kappa shape index (κ3) is 2.49. The number of epoxide rings is 1. The van der Waals surface area contributed by atoms with E-state index in [9.17, 15) is 0 Å². The molecule has 5 heteroatoms. The number of methoxy groups -OCH3 is 1. The van der Waals surface area contributed by atoms with Crippen LogP contribution in [0, 0.1) is 11.8 Å². The molecule has 0 amide bonds. The maximum absolute atomic E-state index is 6.30. The molecule has 0 aromatic rings. The summed E-state index contributed by atoms with van der Waals surface area (Å²) in [5, 5.41) is -0.199. The van der Waals surface area contributed by atoms with Gasteiger partial charge in [0, 0.05) is 21.3 Å². The molecule has 3 rings (SSSR count). The van der Waals surface area contributed by atoms with Crippen molar-refractivity contribution in [2.24, 2.45) is 11.8 Å². The molecular weight excluding hydrogens is 296 g/mol. The Morgan fingerprint density at radius 3 is 2.45 bits per heavy atom. The molecule has 22 heavy (non-hydrogen) atoms. The Labute approximate surface area is 136 Å². The van der Waals surface area contributed by atoms with Crippen LogP contribution in [-0.2, 0) is 18.3 Å². The van der Waals surface area contributed by atoms with E-state index in [0.29, 0.717) is 24.0 Å². The highest BCUT2D eigenvalue weighted by Gasteiger charge is 2.65. The van der Waals surface area contributed by atoms with Crippen LogP contribution < -0.4 is 0 Å². The number of hydrogen-bond acceptors (Lipinski definition) is 4. The first-order chi connectivity index (χ1) is 10.7. The van der Waals surface area contributed by atoms with E-state index in [1.807, 2.05) is 21.3 Å². The summed E-state index contributed by atoms with van der Waals surface area (Å²) in [6.45, 7) is 2.25. The first kappa shape index (κ1) is 16.9. The summed E-state index contributed by atoms with van der Waals surface area (Å²) >= 11 is 0. The average Bonchev–Trinajstić information content (AvgIpc) is 3.33. The van der Waals surface area contributed by atoms with Gasteiger partial charge in [0.05, 0.1) is 12.2 Å². The molecule has 3 fully saturated rings. The number of fused-ring (bicyclic) bond motifs is 1. The second-order valence-corrected chi connectivity index (χ2v) is 11.0. The highest BCUT2D eigenvalue weighted by Crippen LogP contribution is 2.53. The average molecular weight is 329 g/mol. The van der Waals surface area contributed by atoms with E-state index in [1.54, 1.807) is 0 Å². The van der Waals surface area contributed by atoms with Gasteiger partial charge < -0.3 is 18.3 Å². The van der Waals surface area contributed by atoms with Crippen molar-refractivity contribution in [2.45, 2.75) is 75.3 Å². The lowest BCUT2D eigenvalue weighted by molar-refractivity contribution is -0.0757. The van der Waals surface area contributed by atoms with Gasteiger partial charge in [0.15, 0.2) is 0 Å². The van der Waals surface area contributed by atoms with Crippen LogP contribution >= 0.6 is 0 Å². The Morgan fingerprint density at radius 1 is 1.09 bits per heavy atom. The molecule has 0 radical (unpaired) electrons. The zero-order valence-corrected chi connectivity index (χ0v) is 15.6. The van der Waals surface area contributed by atoms with E-state index in [2.05, 4.69) is 6.92 Å². The number of hydrogen-bond donors (Lipinski definition) is 0. The smallest absolute Gasteiger partial charge is 0.371 e. The minimum atomic E-state index is -2.35. The highest BCUT2D eigenvalue weighted by molar-refractivity contribution is 6.70. The van der Waals surface area contributed by atoms with E-state index in [0.717, 1.165) is 18.9 Å². The Hall–Kier alpha value is 0.0569. The lowest BCUT2D eigenvalue weighted by Crippen LogP contribution is -2.69. The lowest BCUT2D eigenvalue weighted by atomic mass is 9.74. The van der Waals surface area contributed by atoms with Gasteiger partial charge >= 0.3 is 8.56 Å². The maximum atomic E-state index is 6.30. The fourth-order valence-corrected chi connectivity index (χ4v) is 9.73. The highest BCUT2D eigenvalue weighted by atomic mass is 28.4. The van der Waals surface area contributed by atoms with Crippen LogP contribution in [0.4, 0.5) is 0 Å². The number of ether oxygens (including phenoxy) is 2. The van der Waals surface area contributed by atoms with Gasteiger partial charge in [-0.25, -0.2) is 0 Å². The van der Waals surface area contributed by atoms with Gasteiger partial charge in [-0.15, -0.1) is 0 Å². The van der Waals surface area contributed by atoms with Gasteiger partial charge in [-0.05, 0) is 50.0 Å². The first-order valence-corrected chi connectivity index (χ1v) is 11.0. The molecule has 0 bridgehead atoms. The Kier molecular flexibility index (Phi) is 5.00. The molecule has 0 aromatic carbocycles. The van der Waals surface area contributed by atoms with Gasteiger partial charge in [-0.3, -0.25) is 0 Å². The molecule has 2 heterocycles. The summed E-state index contributed by atoms with van der Waals surface area (Å²) < 4.78 is 24.3. The second kappa shape index (κ2) is 6.52. The molecule has 0 aromatic heterocycles. The van der Waals surface area contributed by atoms with E-state index >= 15 is 0 Å². The predicted octanol–water partition coefficient (Wildman–Crippen LogP) is 3.42. The minimum absolute atomic E-state index is 0.199. The summed E-state index contributed by atoms with van der Waals surface area (Å²) in [5.41, 5.74) is 0. The van der Waals surface area contributed by atoms with Crippen LogP contribution in [0.15, 0.2) is 0 Å². The quantitative estimate of drug-likeness (QED) is 0.553. The molecule has 1 aliphatic carbocycles. The molecule has 128 valence electrons. The predicted molar refractivity (Wildman–Crippen MR) is 88.0 cm³/mol. The summed E-state index contributed by atoms with van der Waals surface area (Å²) in [4.78, 5) is 0. The fraction of sp³-hybridized carbons (Fsp3) is 1.00. The van der Waals surface area contributed by atoms with Gasteiger partial charge in [0.1, 0.15) is 5.22 Å². The normalized spacial score (nSPS) is 43.6. The van der Waals surface area contributed by atoms with Crippen molar-refractivity contribution in [3.63, 3.8) is 0 Å². The van der Waals surface area contributed by atoms with Gasteiger partial charge in [0.2, 0.25) is 0 Å². The zero-order chi connectivity index (χ0) is 15.8. The van der Waals surface area contributed by atoms with Crippen LogP contribution in [0.1, 0.15) is 51.9 Å². The van der Waals surface area contributed by atoms with Gasteiger partial charge in [-0.1, -0.05) is 19.8 Å². The summed E-state index contributed by atoms with van der Waals surface area (Å²) in [6.07, 6.45) is 9.42. The molecule has 5 unspecified atom stereocenters. The molecular formula is C17H32O4Si. The first-order valence-electron chi connectivity index (χ1n) is 8.97. The minimum Gasteiger partial charge on any atom is -0.396 e. The Morgan fingerprint density at radius 2 is 1.86 bits per heavy atom. The topological polar surface area (TPSA) is 40.2 Å². The van der Waals surface area contributed by atoms with Crippen molar-refractivity contribution >= 4 is 8.56 Å². The van der Waals surface area contributed by atoms with E-state index < -0.39 is 8.56 Å². The van der Waals surface area contributed by atoms with E-state index in [1.165, 1.54) is 32.1 Å². The summed E-state index contributed by atoms with van der Waals surface area (Å²) in [6, 6.07) is 1.06. The number of rotatable bonds is 6. The van der Waals surface area contributed by atoms with E-state index in [4.69, 9.17) is 18.3 Å². The molecule has 0 spiro atoms. The van der Waals surface area contributed by atoms with Crippen LogP contribution in [-0.4, -0.2) is 47.3 Å². The molecule has 5 atom stereocenters. The van der Waals surface area contributed by atoms with Crippen molar-refractivity contribution in [1.29, 1.82) is 0 Å². The van der Waals surface area contributed by atoms with Crippen LogP contribution in [0.5, 0.6) is 0 Å². The largest absolute Gasteiger partial charge is 0.396 e. The van der Waals surface area contributed by atoms with Crippen LogP contribution in [0.3, 0.4) is 0 Å². The Bertz CT molecular complexity index is 387. The molecule has 3 aliphatic rings. The monoisotopic (exact) mass is 328 g/mol. The fourth-order valence-electron chi connectivity index (χ4n) is 5.49. The molecule has 4 nitrogen and oxygen atoms in total. The molecule has 0 N–H and O–H groups in total. The third-order valence-electron chi connectivity index (χ3n) is 6.52. The molecule has 2 aliphatic heterocycles. The maximum Gasteiger partial charge on any atom is 0.371 e. The zero-order valence-electron chi connectivity index (χ0n) is 14.6. The summed E-state index contributed by atoms with van der Waals surface area (Å²) in [7, 11) is 3.20. The summed E-state index contributed by atoms with van der Waals surface area (Å²) in [5.74, 6) is 1.26. The van der Waals surface area contributed by atoms with Crippen molar-refractivity contribution in [2.75, 3.05) is 21.3 Å². The van der Waals surface area contributed by atoms with Crippen molar-refractivity contribution in [1.82, 2.24) is 0 Å². The van der Waals surface area contributed by atoms with Crippen molar-refractivity contribution < 1.29 is 18.3 Å². The SMILES string of the molecule is CCCC1(OC)C(C2CCC3OC3C2)CCC[Si]1(OC)OC. The Balaban J connectivity index is 1.91. The standard InChI is InChI=1S/C17H32O4Si/c1-5-10-17(18-2)14(7-6-11-22(17,19-3)20-4)13-8-9-15-16(12-13)21-15/h13-16H,5-12H2,1-4H3. The van der Waals surface area contributed by atoms with Crippen molar-refractivity contribution in [3.8, 4) is 0 Å². The lowest BCUT2D eigenvalue weighted by Gasteiger charge is -2.54. The van der Waals surface area contributed by atoms with Gasteiger partial charge in [0.25, 0.3) is 0 Å².